The standard InChI is InChI=1S/C17H15F2N3O/c1-22(9-10-23-15-8-3-2-6-13(15)18)17-12-5-4-7-14(19)16(12)20-11-21-17/h2-8,11H,9-10H2,1H3. The van der Waals surface area contributed by atoms with Crippen LogP contribution >= 0.6 is 0 Å². The highest BCUT2D eigenvalue weighted by molar-refractivity contribution is 5.89. The second-order valence-electron chi connectivity index (χ2n) is 5.03. The number of para-hydroxylation sites is 2. The van der Waals surface area contributed by atoms with E-state index in [1.807, 2.05) is 11.9 Å². The normalized spacial score (nSPS) is 10.7. The van der Waals surface area contributed by atoms with Crippen LogP contribution in [0.25, 0.3) is 10.9 Å². The van der Waals surface area contributed by atoms with Crippen molar-refractivity contribution in [3.8, 4) is 5.75 Å². The summed E-state index contributed by atoms with van der Waals surface area (Å²) in [5.74, 6) is 0.0259. The monoisotopic (exact) mass is 315 g/mol. The van der Waals surface area contributed by atoms with Crippen molar-refractivity contribution < 1.29 is 13.5 Å². The lowest BCUT2D eigenvalue weighted by molar-refractivity contribution is 0.309. The van der Waals surface area contributed by atoms with Crippen LogP contribution in [-0.2, 0) is 0 Å². The second kappa shape index (κ2) is 6.56. The summed E-state index contributed by atoms with van der Waals surface area (Å²) >= 11 is 0. The third-order valence-corrected chi connectivity index (χ3v) is 3.48. The Hall–Kier alpha value is -2.76. The van der Waals surface area contributed by atoms with E-state index in [9.17, 15) is 8.78 Å². The summed E-state index contributed by atoms with van der Waals surface area (Å²) in [6.45, 7) is 0.745. The Bertz CT molecular complexity index is 826. The first kappa shape index (κ1) is 15.1. The lowest BCUT2D eigenvalue weighted by Crippen LogP contribution is -2.25. The molecule has 0 unspecified atom stereocenters. The minimum Gasteiger partial charge on any atom is -0.489 e. The van der Waals surface area contributed by atoms with Crippen molar-refractivity contribution in [3.05, 3.63) is 60.4 Å². The molecule has 0 aliphatic rings. The van der Waals surface area contributed by atoms with Crippen molar-refractivity contribution in [1.29, 1.82) is 0 Å². The highest BCUT2D eigenvalue weighted by Crippen LogP contribution is 2.23. The van der Waals surface area contributed by atoms with Gasteiger partial charge in [-0.2, -0.15) is 0 Å². The zero-order valence-corrected chi connectivity index (χ0v) is 12.5. The highest BCUT2D eigenvalue weighted by atomic mass is 19.1. The van der Waals surface area contributed by atoms with Gasteiger partial charge >= 0.3 is 0 Å². The number of hydrogen-bond donors (Lipinski definition) is 0. The van der Waals surface area contributed by atoms with Crippen LogP contribution in [0.15, 0.2) is 48.8 Å². The maximum Gasteiger partial charge on any atom is 0.165 e. The van der Waals surface area contributed by atoms with E-state index in [0.29, 0.717) is 17.7 Å². The van der Waals surface area contributed by atoms with Crippen LogP contribution in [0.5, 0.6) is 5.75 Å². The lowest BCUT2D eigenvalue weighted by Gasteiger charge is -2.19. The van der Waals surface area contributed by atoms with Gasteiger partial charge in [0.05, 0.1) is 6.54 Å². The molecule has 0 aliphatic carbocycles. The number of hydrogen-bond acceptors (Lipinski definition) is 4. The van der Waals surface area contributed by atoms with Gasteiger partial charge in [0.25, 0.3) is 0 Å². The third kappa shape index (κ3) is 3.21. The van der Waals surface area contributed by atoms with Crippen LogP contribution in [0.1, 0.15) is 0 Å². The van der Waals surface area contributed by atoms with Crippen molar-refractivity contribution in [1.82, 2.24) is 9.97 Å². The van der Waals surface area contributed by atoms with Crippen LogP contribution in [0.3, 0.4) is 0 Å². The molecule has 0 bridgehead atoms. The Balaban J connectivity index is 1.73. The minimum atomic E-state index is -0.398. The molecule has 3 aromatic rings. The van der Waals surface area contributed by atoms with Crippen molar-refractivity contribution in [3.63, 3.8) is 0 Å². The molecule has 0 fully saturated rings. The van der Waals surface area contributed by atoms with Gasteiger partial charge in [-0.3, -0.25) is 0 Å². The van der Waals surface area contributed by atoms with E-state index >= 15 is 0 Å². The van der Waals surface area contributed by atoms with Gasteiger partial charge in [0.2, 0.25) is 0 Å². The second-order valence-corrected chi connectivity index (χ2v) is 5.03. The zero-order chi connectivity index (χ0) is 16.2. The van der Waals surface area contributed by atoms with Gasteiger partial charge in [-0.05, 0) is 24.3 Å². The van der Waals surface area contributed by atoms with Gasteiger partial charge in [-0.1, -0.05) is 18.2 Å². The molecule has 0 saturated carbocycles. The summed E-state index contributed by atoms with van der Waals surface area (Å²) in [4.78, 5) is 10.0. The minimum absolute atomic E-state index is 0.208. The molecule has 6 heteroatoms. The van der Waals surface area contributed by atoms with Crippen LogP contribution in [0.2, 0.25) is 0 Å². The first-order valence-electron chi connectivity index (χ1n) is 7.14. The molecule has 4 nitrogen and oxygen atoms in total. The highest BCUT2D eigenvalue weighted by Gasteiger charge is 2.11. The summed E-state index contributed by atoms with van der Waals surface area (Å²) < 4.78 is 32.7. The van der Waals surface area contributed by atoms with E-state index in [2.05, 4.69) is 9.97 Å². The first-order valence-corrected chi connectivity index (χ1v) is 7.14. The molecule has 0 N–H and O–H groups in total. The summed E-state index contributed by atoms with van der Waals surface area (Å²) in [6, 6.07) is 11.0. The molecule has 0 saturated heterocycles. The van der Waals surface area contributed by atoms with Crippen molar-refractivity contribution in [2.75, 3.05) is 25.1 Å². The van der Waals surface area contributed by atoms with Crippen LogP contribution < -0.4 is 9.64 Å². The van der Waals surface area contributed by atoms with E-state index in [1.165, 1.54) is 18.5 Å². The fourth-order valence-electron chi connectivity index (χ4n) is 2.30. The number of likely N-dealkylation sites (N-methyl/N-ethyl adjacent to an activating group) is 1. The Morgan fingerprint density at radius 1 is 1.00 bits per heavy atom. The number of aromatic nitrogens is 2. The van der Waals surface area contributed by atoms with Gasteiger partial charge in [0.15, 0.2) is 11.6 Å². The number of rotatable bonds is 5. The maximum atomic E-state index is 13.8. The number of ether oxygens (including phenoxy) is 1. The lowest BCUT2D eigenvalue weighted by atomic mass is 10.2. The fraction of sp³-hybridized carbons (Fsp3) is 0.176. The van der Waals surface area contributed by atoms with Crippen molar-refractivity contribution in [2.24, 2.45) is 0 Å². The van der Waals surface area contributed by atoms with E-state index in [4.69, 9.17) is 4.74 Å². The SMILES string of the molecule is CN(CCOc1ccccc1F)c1ncnc2c(F)cccc12. The van der Waals surface area contributed by atoms with E-state index in [0.717, 1.165) is 0 Å². The Morgan fingerprint density at radius 3 is 2.61 bits per heavy atom. The third-order valence-electron chi connectivity index (χ3n) is 3.48. The molecular weight excluding hydrogens is 300 g/mol. The summed E-state index contributed by atoms with van der Waals surface area (Å²) in [6.07, 6.45) is 1.33. The number of benzene rings is 2. The fourth-order valence-corrected chi connectivity index (χ4v) is 2.30. The Morgan fingerprint density at radius 2 is 1.78 bits per heavy atom. The predicted molar refractivity (Wildman–Crippen MR) is 84.7 cm³/mol. The predicted octanol–water partition coefficient (Wildman–Crippen LogP) is 3.42. The Labute approximate surface area is 132 Å². The van der Waals surface area contributed by atoms with Crippen molar-refractivity contribution >= 4 is 16.7 Å². The molecule has 0 amide bonds. The van der Waals surface area contributed by atoms with Gasteiger partial charge in [0.1, 0.15) is 30.1 Å². The molecule has 0 atom stereocenters. The molecule has 118 valence electrons. The van der Waals surface area contributed by atoms with Crippen LogP contribution in [0, 0.1) is 11.6 Å². The molecule has 2 aromatic carbocycles. The number of anilines is 1. The van der Waals surface area contributed by atoms with Gasteiger partial charge in [-0.25, -0.2) is 18.7 Å². The Kier molecular flexibility index (Phi) is 4.32. The summed E-state index contributed by atoms with van der Waals surface area (Å²) in [5.41, 5.74) is 0.277. The largest absolute Gasteiger partial charge is 0.489 e. The van der Waals surface area contributed by atoms with Gasteiger partial charge in [-0.15, -0.1) is 0 Å². The number of nitrogens with zero attached hydrogens (tertiary/aromatic N) is 3. The number of fused-ring (bicyclic) bond motifs is 1. The van der Waals surface area contributed by atoms with Crippen molar-refractivity contribution in [2.45, 2.75) is 0 Å². The van der Waals surface area contributed by atoms with Gasteiger partial charge in [0, 0.05) is 12.4 Å². The molecule has 1 aromatic heterocycles. The first-order chi connectivity index (χ1) is 11.2. The average molecular weight is 315 g/mol. The molecule has 23 heavy (non-hydrogen) atoms. The zero-order valence-electron chi connectivity index (χ0n) is 12.5. The van der Waals surface area contributed by atoms with E-state index in [-0.39, 0.29) is 23.7 Å². The quantitative estimate of drug-likeness (QED) is 0.723. The molecule has 0 aliphatic heterocycles. The number of halogens is 2. The van der Waals surface area contributed by atoms with E-state index in [1.54, 1.807) is 30.3 Å². The van der Waals surface area contributed by atoms with Crippen LogP contribution in [-0.4, -0.2) is 30.2 Å². The summed E-state index contributed by atoms with van der Waals surface area (Å²) in [5, 5.41) is 0.626. The smallest absolute Gasteiger partial charge is 0.165 e. The maximum absolute atomic E-state index is 13.8. The molecule has 1 heterocycles. The molecule has 3 rings (SSSR count). The molecule has 0 spiro atoms. The molecular formula is C17H15F2N3O. The van der Waals surface area contributed by atoms with E-state index < -0.39 is 5.82 Å². The average Bonchev–Trinajstić information content (AvgIpc) is 2.56. The van der Waals surface area contributed by atoms with Crippen LogP contribution in [0.4, 0.5) is 14.6 Å². The van der Waals surface area contributed by atoms with Gasteiger partial charge < -0.3 is 9.64 Å². The topological polar surface area (TPSA) is 38.2 Å². The summed E-state index contributed by atoms with van der Waals surface area (Å²) in [7, 11) is 1.82. The molecule has 0 radical (unpaired) electrons.